The first kappa shape index (κ1) is 32.1. The predicted octanol–water partition coefficient (Wildman–Crippen LogP) is 7.41. The summed E-state index contributed by atoms with van der Waals surface area (Å²) in [6.45, 7) is 11.7. The molecule has 7 nitrogen and oxygen atoms in total. The molecule has 0 radical (unpaired) electrons. The molecule has 1 heterocycles. The van der Waals surface area contributed by atoms with Crippen molar-refractivity contribution in [3.05, 3.63) is 34.4 Å². The molecule has 5 aliphatic carbocycles. The summed E-state index contributed by atoms with van der Waals surface area (Å²) in [5.74, 6) is 1.54. The van der Waals surface area contributed by atoms with E-state index in [9.17, 15) is 14.7 Å². The van der Waals surface area contributed by atoms with Crippen molar-refractivity contribution in [3.63, 3.8) is 0 Å². The third-order valence-corrected chi connectivity index (χ3v) is 13.8. The second-order valence-corrected chi connectivity index (χ2v) is 15.8. The summed E-state index contributed by atoms with van der Waals surface area (Å²) in [6.07, 6.45) is 17.2. The van der Waals surface area contributed by atoms with E-state index in [-0.39, 0.29) is 40.6 Å². The first-order valence-corrected chi connectivity index (χ1v) is 18.1. The van der Waals surface area contributed by atoms with Crippen molar-refractivity contribution in [2.24, 2.45) is 28.6 Å². The van der Waals surface area contributed by atoms with Gasteiger partial charge in [0, 0.05) is 23.6 Å². The minimum absolute atomic E-state index is 0.00824. The number of ether oxygens (including phenoxy) is 1. The topological polar surface area (TPSA) is 92.0 Å². The van der Waals surface area contributed by atoms with Gasteiger partial charge in [0.2, 0.25) is 0 Å². The van der Waals surface area contributed by atoms with Crippen LogP contribution in [0.5, 0.6) is 0 Å². The van der Waals surface area contributed by atoms with Crippen LogP contribution >= 0.6 is 0 Å². The zero-order valence-corrected chi connectivity index (χ0v) is 27.8. The van der Waals surface area contributed by atoms with Crippen LogP contribution in [0.15, 0.2) is 27.6 Å². The van der Waals surface area contributed by atoms with Crippen LogP contribution in [0.4, 0.5) is 4.79 Å². The van der Waals surface area contributed by atoms with Crippen molar-refractivity contribution in [3.8, 4) is 0 Å². The monoisotopic (exact) mass is 610 g/mol. The molecule has 0 unspecified atom stereocenters. The number of rotatable bonds is 8. The molecule has 0 bridgehead atoms. The highest BCUT2D eigenvalue weighted by molar-refractivity contribution is 5.67. The van der Waals surface area contributed by atoms with Gasteiger partial charge >= 0.3 is 11.7 Å². The maximum Gasteiger partial charge on any atom is 0.407 e. The molecule has 8 atom stereocenters. The van der Waals surface area contributed by atoms with Gasteiger partial charge in [0.15, 0.2) is 0 Å². The van der Waals surface area contributed by atoms with Gasteiger partial charge < -0.3 is 24.5 Å². The molecule has 5 saturated carbocycles. The Morgan fingerprint density at radius 1 is 0.955 bits per heavy atom. The van der Waals surface area contributed by atoms with Gasteiger partial charge in [-0.3, -0.25) is 0 Å². The summed E-state index contributed by atoms with van der Waals surface area (Å²) in [5.41, 5.74) is 0.0123. The normalized spacial score (nSPS) is 41.8. The Morgan fingerprint density at radius 3 is 2.39 bits per heavy atom. The molecule has 2 N–H and O–H groups in total. The van der Waals surface area contributed by atoms with Gasteiger partial charge in [-0.1, -0.05) is 27.7 Å². The number of carbonyl (C=O) groups excluding carboxylic acids is 1. The summed E-state index contributed by atoms with van der Waals surface area (Å²) >= 11 is 0. The first-order valence-electron chi connectivity index (χ1n) is 18.1. The first-order chi connectivity index (χ1) is 21.1. The number of hydrogen-bond donors (Lipinski definition) is 2. The molecule has 5 fully saturated rings. The molecule has 0 aliphatic heterocycles. The molecule has 1 aromatic heterocycles. The SMILES string of the molecule is CCCN(CCC)C1CCC(NC(=O)O[C@H]2CC[C@@]3(C)[C@H](CC[C@@H]4[C@@H]3CC[C@]3(C)[C@@H](c5ccc(=O)oc5)CC[C@]43O)C2)CC1. The molecular weight excluding hydrogens is 552 g/mol. The summed E-state index contributed by atoms with van der Waals surface area (Å²) in [4.78, 5) is 27.3. The van der Waals surface area contributed by atoms with Crippen LogP contribution in [-0.2, 0) is 4.74 Å². The molecule has 5 aliphatic rings. The van der Waals surface area contributed by atoms with Gasteiger partial charge in [-0.2, -0.15) is 0 Å². The minimum Gasteiger partial charge on any atom is -0.446 e. The fraction of sp³-hybridized carbons (Fsp3) is 0.838. The van der Waals surface area contributed by atoms with Crippen LogP contribution in [0.2, 0.25) is 0 Å². The van der Waals surface area contributed by atoms with E-state index < -0.39 is 5.60 Å². The van der Waals surface area contributed by atoms with Gasteiger partial charge in [-0.05, 0) is 150 Å². The molecule has 0 saturated heterocycles. The molecule has 246 valence electrons. The van der Waals surface area contributed by atoms with E-state index in [2.05, 4.69) is 37.9 Å². The maximum atomic E-state index is 13.0. The van der Waals surface area contributed by atoms with Gasteiger partial charge in [0.05, 0.1) is 11.9 Å². The van der Waals surface area contributed by atoms with Crippen LogP contribution in [0, 0.1) is 28.6 Å². The number of carbonyl (C=O) groups is 1. The lowest BCUT2D eigenvalue weighted by Gasteiger charge is -2.63. The van der Waals surface area contributed by atoms with Gasteiger partial charge in [-0.25, -0.2) is 9.59 Å². The van der Waals surface area contributed by atoms with Crippen LogP contribution < -0.4 is 10.9 Å². The molecule has 1 aromatic rings. The molecule has 6 rings (SSSR count). The Morgan fingerprint density at radius 2 is 1.70 bits per heavy atom. The second kappa shape index (κ2) is 12.7. The Labute approximate surface area is 264 Å². The number of aliphatic hydroxyl groups is 1. The largest absolute Gasteiger partial charge is 0.446 e. The quantitative estimate of drug-likeness (QED) is 0.319. The number of alkyl carbamates (subject to hydrolysis) is 1. The Kier molecular flexibility index (Phi) is 9.29. The van der Waals surface area contributed by atoms with E-state index in [0.717, 1.165) is 89.0 Å². The van der Waals surface area contributed by atoms with Crippen LogP contribution in [0.25, 0.3) is 0 Å². The average Bonchev–Trinajstić information content (AvgIpc) is 3.29. The van der Waals surface area contributed by atoms with Crippen molar-refractivity contribution in [2.75, 3.05) is 13.1 Å². The predicted molar refractivity (Wildman–Crippen MR) is 173 cm³/mol. The van der Waals surface area contributed by atoms with Gasteiger partial charge in [0.1, 0.15) is 6.10 Å². The standard InChI is InChI=1S/C37H58N2O5/c1-5-21-39(22-6-2)28-11-9-27(10-12-28)38-34(41)44-29-15-18-35(3)26(23-29)8-13-32-31(35)16-19-36(4)30(17-20-37(32,36)42)25-7-14-33(40)43-24-25/h7,14,24,26-32,42H,5-6,8-13,15-23H2,1-4H3,(H,38,41)/t26-,27?,28?,29+,30-,31+,32-,35+,36-,37+/m1/s1. The third kappa shape index (κ3) is 5.67. The van der Waals surface area contributed by atoms with E-state index in [1.54, 1.807) is 6.26 Å². The van der Waals surface area contributed by atoms with E-state index >= 15 is 0 Å². The lowest BCUT2D eigenvalue weighted by molar-refractivity contribution is -0.205. The lowest BCUT2D eigenvalue weighted by atomic mass is 9.43. The van der Waals surface area contributed by atoms with Gasteiger partial charge in [-0.15, -0.1) is 0 Å². The molecular formula is C37H58N2O5. The van der Waals surface area contributed by atoms with Crippen LogP contribution in [0.1, 0.15) is 135 Å². The van der Waals surface area contributed by atoms with Crippen molar-refractivity contribution >= 4 is 6.09 Å². The summed E-state index contributed by atoms with van der Waals surface area (Å²) < 4.78 is 11.4. The number of fused-ring (bicyclic) bond motifs is 5. The maximum absolute atomic E-state index is 13.0. The molecule has 44 heavy (non-hydrogen) atoms. The zero-order valence-electron chi connectivity index (χ0n) is 27.8. The Bertz CT molecular complexity index is 1180. The highest BCUT2D eigenvalue weighted by Crippen LogP contribution is 2.70. The van der Waals surface area contributed by atoms with E-state index in [1.165, 1.54) is 32.0 Å². The van der Waals surface area contributed by atoms with Crippen molar-refractivity contribution in [1.29, 1.82) is 0 Å². The fourth-order valence-corrected chi connectivity index (χ4v) is 11.4. The van der Waals surface area contributed by atoms with Crippen LogP contribution in [-0.4, -0.2) is 53.0 Å². The van der Waals surface area contributed by atoms with Crippen molar-refractivity contribution in [1.82, 2.24) is 10.2 Å². The van der Waals surface area contributed by atoms with Crippen LogP contribution in [0.3, 0.4) is 0 Å². The molecule has 1 amide bonds. The molecule has 7 heteroatoms. The number of nitrogens with zero attached hydrogens (tertiary/aromatic N) is 1. The van der Waals surface area contributed by atoms with Crippen molar-refractivity contribution in [2.45, 2.75) is 154 Å². The molecule has 0 spiro atoms. The lowest BCUT2D eigenvalue weighted by Crippen LogP contribution is -2.62. The average molecular weight is 611 g/mol. The van der Waals surface area contributed by atoms with Crippen molar-refractivity contribution < 1.29 is 19.1 Å². The highest BCUT2D eigenvalue weighted by atomic mass is 16.6. The minimum atomic E-state index is -0.693. The second-order valence-electron chi connectivity index (χ2n) is 15.8. The number of nitrogens with one attached hydrogen (secondary N) is 1. The number of amides is 1. The van der Waals surface area contributed by atoms with Gasteiger partial charge in [0.25, 0.3) is 0 Å². The highest BCUT2D eigenvalue weighted by Gasteiger charge is 2.67. The fourth-order valence-electron chi connectivity index (χ4n) is 11.4. The Balaban J connectivity index is 1.03. The smallest absolute Gasteiger partial charge is 0.407 e. The molecule has 0 aromatic carbocycles. The van der Waals surface area contributed by atoms with E-state index in [4.69, 9.17) is 9.15 Å². The zero-order chi connectivity index (χ0) is 31.1. The van der Waals surface area contributed by atoms with E-state index in [1.807, 2.05) is 6.07 Å². The Hall–Kier alpha value is -1.86. The summed E-state index contributed by atoms with van der Waals surface area (Å²) in [5, 5.41) is 15.7. The van der Waals surface area contributed by atoms with E-state index in [0.29, 0.717) is 23.8 Å². The number of hydrogen-bond acceptors (Lipinski definition) is 6. The third-order valence-electron chi connectivity index (χ3n) is 13.8. The summed E-state index contributed by atoms with van der Waals surface area (Å²) in [7, 11) is 0. The summed E-state index contributed by atoms with van der Waals surface area (Å²) in [6, 6.07) is 4.32.